The average Bonchev–Trinajstić information content (AvgIpc) is 2.50. The zero-order chi connectivity index (χ0) is 15.7. The summed E-state index contributed by atoms with van der Waals surface area (Å²) in [6.45, 7) is 0.722. The normalized spacial score (nSPS) is 12.9. The van der Waals surface area contributed by atoms with E-state index in [0.29, 0.717) is 30.8 Å². The van der Waals surface area contributed by atoms with Crippen LogP contribution in [0.25, 0.3) is 0 Å². The number of amides is 1. The maximum Gasteiger partial charge on any atom is 0.255 e. The van der Waals surface area contributed by atoms with Crippen molar-refractivity contribution < 1.29 is 23.0 Å². The Morgan fingerprint density at radius 1 is 1.14 bits per heavy atom. The van der Waals surface area contributed by atoms with Crippen molar-refractivity contribution in [2.75, 3.05) is 18.5 Å². The van der Waals surface area contributed by atoms with E-state index in [1.54, 1.807) is 0 Å². The lowest BCUT2D eigenvalue weighted by Crippen LogP contribution is -2.18. The molecule has 7 heteroatoms. The van der Waals surface area contributed by atoms with Gasteiger partial charge in [-0.05, 0) is 24.3 Å². The second kappa shape index (κ2) is 5.81. The first-order chi connectivity index (χ1) is 10.5. The predicted octanol–water partition coefficient (Wildman–Crippen LogP) is 3.64. The Labute approximate surface area is 129 Å². The standard InChI is InChI=1S/C15H10ClF2NO3/c16-10-5-8(6-13-14(10)22-4-3-21-13)15(20)19-12-2-1-9(17)7-11(12)18/h1-2,5-7H,3-4H2,(H,19,20). The van der Waals surface area contributed by atoms with Crippen molar-refractivity contribution in [1.29, 1.82) is 0 Å². The molecule has 2 aromatic rings. The third-order valence-electron chi connectivity index (χ3n) is 3.04. The second-order valence-corrected chi connectivity index (χ2v) is 4.97. The zero-order valence-corrected chi connectivity index (χ0v) is 11.9. The number of ether oxygens (including phenoxy) is 2. The highest BCUT2D eigenvalue weighted by Crippen LogP contribution is 2.38. The summed E-state index contributed by atoms with van der Waals surface area (Å²) in [6, 6.07) is 5.73. The molecule has 0 unspecified atom stereocenters. The average molecular weight is 326 g/mol. The summed E-state index contributed by atoms with van der Waals surface area (Å²) >= 11 is 6.04. The topological polar surface area (TPSA) is 47.6 Å². The van der Waals surface area contributed by atoms with Gasteiger partial charge < -0.3 is 14.8 Å². The number of nitrogens with one attached hydrogen (secondary N) is 1. The van der Waals surface area contributed by atoms with Crippen molar-refractivity contribution >= 4 is 23.2 Å². The summed E-state index contributed by atoms with van der Waals surface area (Å²) in [4.78, 5) is 12.2. The lowest BCUT2D eigenvalue weighted by atomic mass is 10.1. The molecule has 0 bridgehead atoms. The SMILES string of the molecule is O=C(Nc1ccc(F)cc1F)c1cc(Cl)c2c(c1)OCCO2. The molecule has 0 aromatic heterocycles. The van der Waals surface area contributed by atoms with Gasteiger partial charge in [0.1, 0.15) is 24.8 Å². The Hall–Kier alpha value is -2.34. The zero-order valence-electron chi connectivity index (χ0n) is 11.2. The van der Waals surface area contributed by atoms with Crippen molar-refractivity contribution in [3.8, 4) is 11.5 Å². The van der Waals surface area contributed by atoms with Crippen LogP contribution in [0.15, 0.2) is 30.3 Å². The third kappa shape index (κ3) is 2.82. The lowest BCUT2D eigenvalue weighted by molar-refractivity contribution is 0.102. The van der Waals surface area contributed by atoms with E-state index in [4.69, 9.17) is 21.1 Å². The van der Waals surface area contributed by atoms with Crippen molar-refractivity contribution in [3.05, 3.63) is 52.6 Å². The molecule has 4 nitrogen and oxygen atoms in total. The molecular formula is C15H10ClF2NO3. The van der Waals surface area contributed by atoms with Crippen molar-refractivity contribution in [3.63, 3.8) is 0 Å². The van der Waals surface area contributed by atoms with E-state index in [0.717, 1.165) is 12.1 Å². The highest BCUT2D eigenvalue weighted by molar-refractivity contribution is 6.32. The molecule has 0 aliphatic carbocycles. The minimum Gasteiger partial charge on any atom is -0.486 e. The Morgan fingerprint density at radius 2 is 1.91 bits per heavy atom. The van der Waals surface area contributed by atoms with Crippen LogP contribution in [0.2, 0.25) is 5.02 Å². The van der Waals surface area contributed by atoms with Gasteiger partial charge in [0.05, 0.1) is 10.7 Å². The molecule has 114 valence electrons. The summed E-state index contributed by atoms with van der Waals surface area (Å²) in [7, 11) is 0. The highest BCUT2D eigenvalue weighted by Gasteiger charge is 2.20. The van der Waals surface area contributed by atoms with Gasteiger partial charge in [-0.15, -0.1) is 0 Å². The molecule has 1 aliphatic heterocycles. The molecule has 0 saturated heterocycles. The number of carbonyl (C=O) groups excluding carboxylic acids is 1. The Morgan fingerprint density at radius 3 is 2.68 bits per heavy atom. The van der Waals surface area contributed by atoms with Crippen LogP contribution < -0.4 is 14.8 Å². The number of anilines is 1. The number of halogens is 3. The number of hydrogen-bond acceptors (Lipinski definition) is 3. The number of rotatable bonds is 2. The van der Waals surface area contributed by atoms with E-state index in [2.05, 4.69) is 5.32 Å². The molecule has 2 aromatic carbocycles. The molecule has 0 atom stereocenters. The smallest absolute Gasteiger partial charge is 0.255 e. The molecule has 0 spiro atoms. The summed E-state index contributed by atoms with van der Waals surface area (Å²) < 4.78 is 37.1. The monoisotopic (exact) mass is 325 g/mol. The molecule has 3 rings (SSSR count). The lowest BCUT2D eigenvalue weighted by Gasteiger charge is -2.20. The largest absolute Gasteiger partial charge is 0.486 e. The molecule has 0 radical (unpaired) electrons. The summed E-state index contributed by atoms with van der Waals surface area (Å²) in [5.74, 6) is -1.46. The van der Waals surface area contributed by atoms with Gasteiger partial charge in [-0.1, -0.05) is 11.6 Å². The van der Waals surface area contributed by atoms with Crippen molar-refractivity contribution in [2.24, 2.45) is 0 Å². The van der Waals surface area contributed by atoms with Gasteiger partial charge in [-0.25, -0.2) is 8.78 Å². The van der Waals surface area contributed by atoms with Gasteiger partial charge in [-0.2, -0.15) is 0 Å². The highest BCUT2D eigenvalue weighted by atomic mass is 35.5. The molecule has 1 heterocycles. The summed E-state index contributed by atoms with van der Waals surface area (Å²) in [6.07, 6.45) is 0. The van der Waals surface area contributed by atoms with Gasteiger partial charge >= 0.3 is 0 Å². The number of hydrogen-bond donors (Lipinski definition) is 1. The number of carbonyl (C=O) groups is 1. The Kier molecular flexibility index (Phi) is 3.85. The van der Waals surface area contributed by atoms with Gasteiger partial charge in [0.15, 0.2) is 11.5 Å². The van der Waals surface area contributed by atoms with Crippen LogP contribution in [0.3, 0.4) is 0 Å². The molecule has 1 amide bonds. The van der Waals surface area contributed by atoms with E-state index in [9.17, 15) is 13.6 Å². The number of fused-ring (bicyclic) bond motifs is 1. The first-order valence-corrected chi connectivity index (χ1v) is 6.78. The minimum atomic E-state index is -0.864. The molecular weight excluding hydrogens is 316 g/mol. The quantitative estimate of drug-likeness (QED) is 0.917. The minimum absolute atomic E-state index is 0.127. The van der Waals surface area contributed by atoms with Gasteiger partial charge in [0.2, 0.25) is 0 Å². The predicted molar refractivity (Wildman–Crippen MR) is 76.8 cm³/mol. The second-order valence-electron chi connectivity index (χ2n) is 4.56. The van der Waals surface area contributed by atoms with Crippen LogP contribution in [0.5, 0.6) is 11.5 Å². The van der Waals surface area contributed by atoms with Crippen molar-refractivity contribution in [2.45, 2.75) is 0 Å². The fraction of sp³-hybridized carbons (Fsp3) is 0.133. The van der Waals surface area contributed by atoms with Gasteiger partial charge in [-0.3, -0.25) is 4.79 Å². The van der Waals surface area contributed by atoms with E-state index in [1.807, 2.05) is 0 Å². The Bertz CT molecular complexity index is 752. The van der Waals surface area contributed by atoms with Crippen LogP contribution in [-0.2, 0) is 0 Å². The fourth-order valence-corrected chi connectivity index (χ4v) is 2.29. The van der Waals surface area contributed by atoms with E-state index >= 15 is 0 Å². The van der Waals surface area contributed by atoms with E-state index in [-0.39, 0.29) is 16.3 Å². The van der Waals surface area contributed by atoms with Crippen LogP contribution in [0.4, 0.5) is 14.5 Å². The molecule has 1 N–H and O–H groups in total. The molecule has 0 saturated carbocycles. The van der Waals surface area contributed by atoms with E-state index in [1.165, 1.54) is 12.1 Å². The molecule has 22 heavy (non-hydrogen) atoms. The van der Waals surface area contributed by atoms with Crippen LogP contribution >= 0.6 is 11.6 Å². The first-order valence-electron chi connectivity index (χ1n) is 6.40. The van der Waals surface area contributed by atoms with Crippen LogP contribution in [0.1, 0.15) is 10.4 Å². The third-order valence-corrected chi connectivity index (χ3v) is 3.32. The summed E-state index contributed by atoms with van der Waals surface area (Å²) in [5.41, 5.74) is 0.0513. The van der Waals surface area contributed by atoms with E-state index < -0.39 is 17.5 Å². The molecule has 1 aliphatic rings. The first kappa shape index (κ1) is 14.6. The van der Waals surface area contributed by atoms with Gasteiger partial charge in [0, 0.05) is 11.6 Å². The van der Waals surface area contributed by atoms with Crippen LogP contribution in [-0.4, -0.2) is 19.1 Å². The maximum atomic E-state index is 13.6. The fourth-order valence-electron chi connectivity index (χ4n) is 2.03. The molecule has 0 fully saturated rings. The summed E-state index contributed by atoms with van der Waals surface area (Å²) in [5, 5.41) is 2.58. The van der Waals surface area contributed by atoms with Gasteiger partial charge in [0.25, 0.3) is 5.91 Å². The number of benzene rings is 2. The maximum absolute atomic E-state index is 13.6. The van der Waals surface area contributed by atoms with Crippen molar-refractivity contribution in [1.82, 2.24) is 0 Å². The Balaban J connectivity index is 1.87. The van der Waals surface area contributed by atoms with Crippen LogP contribution in [0, 0.1) is 11.6 Å².